The Balaban J connectivity index is 1.71. The Morgan fingerprint density at radius 1 is 1.07 bits per heavy atom. The zero-order chi connectivity index (χ0) is 18.4. The summed E-state index contributed by atoms with van der Waals surface area (Å²) in [6.45, 7) is 4.76. The SMILES string of the molecule is Cc1sc2nc(NCc3ccco3)n3nc(-c4ccccc4)nc3c2c1C. The van der Waals surface area contributed by atoms with Gasteiger partial charge in [-0.25, -0.2) is 9.97 Å². The molecule has 0 atom stereocenters. The quantitative estimate of drug-likeness (QED) is 0.487. The Hall–Kier alpha value is -3.19. The predicted molar refractivity (Wildman–Crippen MR) is 107 cm³/mol. The summed E-state index contributed by atoms with van der Waals surface area (Å²) < 4.78 is 7.22. The summed E-state index contributed by atoms with van der Waals surface area (Å²) in [5.41, 5.74) is 3.01. The first-order valence-electron chi connectivity index (χ1n) is 8.69. The van der Waals surface area contributed by atoms with Crippen LogP contribution in [0.1, 0.15) is 16.2 Å². The average Bonchev–Trinajstić information content (AvgIpc) is 3.41. The molecule has 5 aromatic rings. The smallest absolute Gasteiger partial charge is 0.227 e. The molecule has 0 unspecified atom stereocenters. The van der Waals surface area contributed by atoms with Crippen LogP contribution in [0.4, 0.5) is 5.95 Å². The van der Waals surface area contributed by atoms with Crippen molar-refractivity contribution in [2.24, 2.45) is 0 Å². The summed E-state index contributed by atoms with van der Waals surface area (Å²) in [6, 6.07) is 13.8. The van der Waals surface area contributed by atoms with Crippen LogP contribution in [0, 0.1) is 13.8 Å². The van der Waals surface area contributed by atoms with E-state index in [9.17, 15) is 0 Å². The monoisotopic (exact) mass is 375 g/mol. The zero-order valence-corrected chi connectivity index (χ0v) is 15.7. The van der Waals surface area contributed by atoms with Crippen LogP contribution >= 0.6 is 11.3 Å². The van der Waals surface area contributed by atoms with Crippen LogP contribution in [0.15, 0.2) is 53.1 Å². The van der Waals surface area contributed by atoms with E-state index in [-0.39, 0.29) is 0 Å². The summed E-state index contributed by atoms with van der Waals surface area (Å²) in [5, 5.41) is 9.14. The molecule has 5 rings (SSSR count). The van der Waals surface area contributed by atoms with Gasteiger partial charge in [-0.1, -0.05) is 30.3 Å². The Bertz CT molecular complexity index is 1240. The maximum atomic E-state index is 5.42. The number of aromatic nitrogens is 4. The Kier molecular flexibility index (Phi) is 3.68. The second-order valence-electron chi connectivity index (χ2n) is 6.37. The number of aryl methyl sites for hydroxylation is 2. The standard InChI is InChI=1S/C20H17N5OS/c1-12-13(2)27-19-16(12)18-22-17(14-7-4-3-5-8-14)24-25(18)20(23-19)21-11-15-9-6-10-26-15/h3-10H,11H2,1-2H3,(H,21,23). The minimum Gasteiger partial charge on any atom is -0.467 e. The molecule has 0 aliphatic carbocycles. The van der Waals surface area contributed by atoms with E-state index in [4.69, 9.17) is 19.5 Å². The third-order valence-electron chi connectivity index (χ3n) is 4.64. The molecule has 0 aliphatic heterocycles. The molecule has 1 aromatic carbocycles. The van der Waals surface area contributed by atoms with Crippen LogP contribution in [0.3, 0.4) is 0 Å². The van der Waals surface area contributed by atoms with Crippen LogP contribution in [0.5, 0.6) is 0 Å². The second kappa shape index (κ2) is 6.21. The van der Waals surface area contributed by atoms with Gasteiger partial charge in [0.05, 0.1) is 18.2 Å². The van der Waals surface area contributed by atoms with Gasteiger partial charge in [0.1, 0.15) is 10.6 Å². The molecule has 4 heterocycles. The van der Waals surface area contributed by atoms with Gasteiger partial charge in [-0.15, -0.1) is 16.4 Å². The first-order valence-corrected chi connectivity index (χ1v) is 9.50. The van der Waals surface area contributed by atoms with E-state index in [1.807, 2.05) is 42.5 Å². The van der Waals surface area contributed by atoms with E-state index >= 15 is 0 Å². The first kappa shape index (κ1) is 16.0. The fourth-order valence-corrected chi connectivity index (χ4v) is 4.14. The number of nitrogens with zero attached hydrogens (tertiary/aromatic N) is 4. The van der Waals surface area contributed by atoms with Crippen molar-refractivity contribution in [3.8, 4) is 11.4 Å². The van der Waals surface area contributed by atoms with Gasteiger partial charge in [0.2, 0.25) is 5.95 Å². The lowest BCUT2D eigenvalue weighted by atomic mass is 10.2. The average molecular weight is 375 g/mol. The highest BCUT2D eigenvalue weighted by Crippen LogP contribution is 2.33. The van der Waals surface area contributed by atoms with Gasteiger partial charge in [0.25, 0.3) is 0 Å². The Morgan fingerprint density at radius 3 is 2.70 bits per heavy atom. The van der Waals surface area contributed by atoms with Crippen molar-refractivity contribution >= 4 is 33.1 Å². The van der Waals surface area contributed by atoms with Gasteiger partial charge in [0, 0.05) is 10.4 Å². The minimum absolute atomic E-state index is 0.532. The van der Waals surface area contributed by atoms with Crippen molar-refractivity contribution in [3.63, 3.8) is 0 Å². The number of furan rings is 1. The maximum absolute atomic E-state index is 5.42. The van der Waals surface area contributed by atoms with Crippen LogP contribution in [0.25, 0.3) is 27.3 Å². The van der Waals surface area contributed by atoms with E-state index in [1.54, 1.807) is 22.1 Å². The number of nitrogens with one attached hydrogen (secondary N) is 1. The number of benzene rings is 1. The fourth-order valence-electron chi connectivity index (χ4n) is 3.12. The van der Waals surface area contributed by atoms with E-state index in [1.165, 1.54) is 10.4 Å². The van der Waals surface area contributed by atoms with E-state index < -0.39 is 0 Å². The van der Waals surface area contributed by atoms with Crippen molar-refractivity contribution in [1.82, 2.24) is 19.6 Å². The molecule has 7 heteroatoms. The molecule has 27 heavy (non-hydrogen) atoms. The van der Waals surface area contributed by atoms with Crippen LogP contribution in [0.2, 0.25) is 0 Å². The van der Waals surface area contributed by atoms with Crippen molar-refractivity contribution < 1.29 is 4.42 Å². The molecule has 0 amide bonds. The lowest BCUT2D eigenvalue weighted by Gasteiger charge is -2.06. The maximum Gasteiger partial charge on any atom is 0.227 e. The summed E-state index contributed by atoms with van der Waals surface area (Å²) in [5.74, 6) is 2.19. The van der Waals surface area contributed by atoms with Gasteiger partial charge in [-0.3, -0.25) is 0 Å². The molecule has 0 saturated carbocycles. The highest BCUT2D eigenvalue weighted by atomic mass is 32.1. The van der Waals surface area contributed by atoms with Crippen molar-refractivity contribution in [3.05, 3.63) is 64.9 Å². The number of hydrogen-bond acceptors (Lipinski definition) is 6. The summed E-state index contributed by atoms with van der Waals surface area (Å²) in [6.07, 6.45) is 1.66. The molecule has 1 N–H and O–H groups in total. The molecule has 0 spiro atoms. The van der Waals surface area contributed by atoms with Gasteiger partial charge in [0.15, 0.2) is 11.5 Å². The lowest BCUT2D eigenvalue weighted by molar-refractivity contribution is 0.517. The first-order chi connectivity index (χ1) is 13.2. The summed E-state index contributed by atoms with van der Waals surface area (Å²) in [7, 11) is 0. The molecule has 6 nitrogen and oxygen atoms in total. The minimum atomic E-state index is 0.532. The molecular formula is C20H17N5OS. The fraction of sp³-hybridized carbons (Fsp3) is 0.150. The summed E-state index contributed by atoms with van der Waals surface area (Å²) in [4.78, 5) is 11.9. The van der Waals surface area contributed by atoms with E-state index in [0.29, 0.717) is 18.3 Å². The molecule has 0 fully saturated rings. The highest BCUT2D eigenvalue weighted by molar-refractivity contribution is 7.18. The van der Waals surface area contributed by atoms with E-state index in [0.717, 1.165) is 27.2 Å². The number of hydrogen-bond donors (Lipinski definition) is 1. The van der Waals surface area contributed by atoms with Gasteiger partial charge in [-0.2, -0.15) is 4.52 Å². The van der Waals surface area contributed by atoms with Crippen molar-refractivity contribution in [2.45, 2.75) is 20.4 Å². The Labute approximate surface area is 159 Å². The van der Waals surface area contributed by atoms with Crippen LogP contribution in [-0.2, 0) is 6.54 Å². The topological polar surface area (TPSA) is 68.2 Å². The molecule has 0 bridgehead atoms. The van der Waals surface area contributed by atoms with Crippen molar-refractivity contribution in [1.29, 1.82) is 0 Å². The second-order valence-corrected chi connectivity index (χ2v) is 7.57. The third-order valence-corrected chi connectivity index (χ3v) is 5.74. The molecule has 0 aliphatic rings. The molecular weight excluding hydrogens is 358 g/mol. The largest absolute Gasteiger partial charge is 0.467 e. The number of anilines is 1. The van der Waals surface area contributed by atoms with Crippen LogP contribution in [-0.4, -0.2) is 19.6 Å². The van der Waals surface area contributed by atoms with Crippen molar-refractivity contribution in [2.75, 3.05) is 5.32 Å². The summed E-state index contributed by atoms with van der Waals surface area (Å²) >= 11 is 1.68. The molecule has 0 saturated heterocycles. The molecule has 0 radical (unpaired) electrons. The third kappa shape index (κ3) is 2.67. The normalized spacial score (nSPS) is 11.5. The van der Waals surface area contributed by atoms with Gasteiger partial charge >= 0.3 is 0 Å². The number of rotatable bonds is 4. The number of fused-ring (bicyclic) bond motifs is 3. The Morgan fingerprint density at radius 2 is 1.93 bits per heavy atom. The highest BCUT2D eigenvalue weighted by Gasteiger charge is 2.18. The van der Waals surface area contributed by atoms with E-state index in [2.05, 4.69) is 19.2 Å². The number of thiophene rings is 1. The molecule has 4 aromatic heterocycles. The predicted octanol–water partition coefficient (Wildman–Crippen LogP) is 4.83. The lowest BCUT2D eigenvalue weighted by Crippen LogP contribution is -2.07. The van der Waals surface area contributed by atoms with Gasteiger partial charge in [-0.05, 0) is 31.5 Å². The molecule has 134 valence electrons. The van der Waals surface area contributed by atoms with Crippen LogP contribution < -0.4 is 5.32 Å². The zero-order valence-electron chi connectivity index (χ0n) is 14.9. The van der Waals surface area contributed by atoms with Gasteiger partial charge < -0.3 is 9.73 Å².